The molecule has 0 aliphatic carbocycles. The van der Waals surface area contributed by atoms with E-state index in [2.05, 4.69) is 10.6 Å². The first kappa shape index (κ1) is 50.5. The van der Waals surface area contributed by atoms with Crippen LogP contribution in [0.1, 0.15) is 102 Å². The molecule has 324 valence electrons. The standard InChI is InChI=1S/C39H72N6O11/c1-36(2,3)53-31(47)26-43-19-17-42(25-30(46)41-29(34(50)51)15-13-14-16-40-35(52)56-39(10,11)12)18-20-44(27-32(48)54-37(4,5)6)22-24-45(23-21-43)28-33(49)55-38(7,8)9/h29H,13-28H2,1-12H3,(H,40,52)(H,41,46)(H,50,51)/t29-/m0/s1. The van der Waals surface area contributed by atoms with Gasteiger partial charge in [-0.2, -0.15) is 0 Å². The van der Waals surface area contributed by atoms with Crippen LogP contribution in [0.3, 0.4) is 0 Å². The number of nitrogens with zero attached hydrogens (tertiary/aromatic N) is 4. The fourth-order valence-electron chi connectivity index (χ4n) is 5.56. The molecular formula is C39H72N6O11. The quantitative estimate of drug-likeness (QED) is 0.124. The van der Waals surface area contributed by atoms with Gasteiger partial charge in [-0.1, -0.05) is 0 Å². The number of esters is 3. The molecule has 2 amide bonds. The average Bonchev–Trinajstić information content (AvgIpc) is 2.97. The number of carboxylic acid groups (broad SMARTS) is 1. The molecule has 1 fully saturated rings. The number of carbonyl (C=O) groups excluding carboxylic acids is 5. The smallest absolute Gasteiger partial charge is 0.407 e. The highest BCUT2D eigenvalue weighted by Gasteiger charge is 2.27. The number of hydrogen-bond acceptors (Lipinski definition) is 14. The van der Waals surface area contributed by atoms with Gasteiger partial charge >= 0.3 is 30.0 Å². The molecule has 0 bridgehead atoms. The second-order valence-electron chi connectivity index (χ2n) is 18.2. The summed E-state index contributed by atoms with van der Waals surface area (Å²) in [5.41, 5.74) is -2.69. The van der Waals surface area contributed by atoms with E-state index in [1.807, 2.05) is 19.6 Å². The van der Waals surface area contributed by atoms with Crippen LogP contribution in [0.5, 0.6) is 0 Å². The molecule has 1 aliphatic rings. The summed E-state index contributed by atoms with van der Waals surface area (Å²) in [4.78, 5) is 83.8. The van der Waals surface area contributed by atoms with E-state index in [0.29, 0.717) is 71.7 Å². The molecule has 0 saturated carbocycles. The molecule has 0 aromatic heterocycles. The van der Waals surface area contributed by atoms with Gasteiger partial charge in [0.25, 0.3) is 0 Å². The predicted octanol–water partition coefficient (Wildman–Crippen LogP) is 2.50. The maximum Gasteiger partial charge on any atom is 0.407 e. The molecule has 0 spiro atoms. The van der Waals surface area contributed by atoms with Crippen molar-refractivity contribution in [1.29, 1.82) is 0 Å². The fraction of sp³-hybridized carbons (Fsp3) is 0.846. The zero-order valence-electron chi connectivity index (χ0n) is 36.2. The van der Waals surface area contributed by atoms with Gasteiger partial charge < -0.3 is 34.7 Å². The van der Waals surface area contributed by atoms with Crippen molar-refractivity contribution in [3.63, 3.8) is 0 Å². The van der Waals surface area contributed by atoms with Crippen molar-refractivity contribution in [2.45, 2.75) is 131 Å². The van der Waals surface area contributed by atoms with Crippen LogP contribution in [0, 0.1) is 0 Å². The molecule has 17 heteroatoms. The van der Waals surface area contributed by atoms with Gasteiger partial charge in [-0.05, 0) is 102 Å². The van der Waals surface area contributed by atoms with Gasteiger partial charge in [-0.3, -0.25) is 38.8 Å². The number of carbonyl (C=O) groups is 6. The third kappa shape index (κ3) is 26.3. The lowest BCUT2D eigenvalue weighted by atomic mass is 10.1. The lowest BCUT2D eigenvalue weighted by molar-refractivity contribution is -0.158. The van der Waals surface area contributed by atoms with Crippen molar-refractivity contribution in [2.75, 3.05) is 85.1 Å². The van der Waals surface area contributed by atoms with Gasteiger partial charge in [0, 0.05) is 58.9 Å². The number of aliphatic carboxylic acids is 1. The van der Waals surface area contributed by atoms with E-state index in [1.54, 1.807) is 83.1 Å². The topological polar surface area (TPSA) is 197 Å². The monoisotopic (exact) mass is 801 g/mol. The molecule has 1 aliphatic heterocycles. The van der Waals surface area contributed by atoms with Crippen molar-refractivity contribution in [3.8, 4) is 0 Å². The highest BCUT2D eigenvalue weighted by molar-refractivity contribution is 5.84. The number of unbranched alkanes of at least 4 members (excludes halogenated alkanes) is 1. The maximum absolute atomic E-state index is 13.4. The zero-order valence-corrected chi connectivity index (χ0v) is 36.2. The molecular weight excluding hydrogens is 728 g/mol. The second kappa shape index (κ2) is 23.0. The fourth-order valence-corrected chi connectivity index (χ4v) is 5.56. The first-order valence-corrected chi connectivity index (χ1v) is 19.6. The van der Waals surface area contributed by atoms with Crippen LogP contribution in [0.25, 0.3) is 0 Å². The number of hydrogen-bond donors (Lipinski definition) is 3. The largest absolute Gasteiger partial charge is 0.480 e. The van der Waals surface area contributed by atoms with E-state index in [1.165, 1.54) is 0 Å². The molecule has 3 N–H and O–H groups in total. The molecule has 56 heavy (non-hydrogen) atoms. The third-order valence-corrected chi connectivity index (χ3v) is 7.84. The summed E-state index contributed by atoms with van der Waals surface area (Å²) in [6, 6.07) is -1.14. The number of alkyl carbamates (subject to hydrolysis) is 1. The highest BCUT2D eigenvalue weighted by Crippen LogP contribution is 2.12. The minimum absolute atomic E-state index is 0.00905. The predicted molar refractivity (Wildman–Crippen MR) is 211 cm³/mol. The number of amides is 2. The van der Waals surface area contributed by atoms with Crippen molar-refractivity contribution >= 4 is 35.9 Å². The zero-order chi connectivity index (χ0) is 42.9. The van der Waals surface area contributed by atoms with Crippen LogP contribution >= 0.6 is 0 Å². The van der Waals surface area contributed by atoms with E-state index < -0.39 is 64.3 Å². The number of nitrogens with one attached hydrogen (secondary N) is 2. The van der Waals surface area contributed by atoms with Crippen LogP contribution in [-0.4, -0.2) is 174 Å². The molecule has 1 rings (SSSR count). The van der Waals surface area contributed by atoms with Crippen LogP contribution in [0.2, 0.25) is 0 Å². The summed E-state index contributed by atoms with van der Waals surface area (Å²) in [6.45, 7) is 24.5. The van der Waals surface area contributed by atoms with Crippen molar-refractivity contribution in [1.82, 2.24) is 30.2 Å². The number of ether oxygens (including phenoxy) is 4. The minimum Gasteiger partial charge on any atom is -0.480 e. The Morgan fingerprint density at radius 3 is 1.14 bits per heavy atom. The second-order valence-corrected chi connectivity index (χ2v) is 18.2. The Bertz CT molecular complexity index is 1240. The van der Waals surface area contributed by atoms with Gasteiger partial charge in [0.05, 0.1) is 26.2 Å². The van der Waals surface area contributed by atoms with Crippen molar-refractivity contribution < 1.29 is 52.8 Å². The maximum atomic E-state index is 13.4. The van der Waals surface area contributed by atoms with E-state index in [0.717, 1.165) is 0 Å². The van der Waals surface area contributed by atoms with Gasteiger partial charge in [0.2, 0.25) is 5.91 Å². The normalized spacial score (nSPS) is 17.1. The van der Waals surface area contributed by atoms with Crippen LogP contribution in [0.4, 0.5) is 4.79 Å². The molecule has 1 atom stereocenters. The average molecular weight is 801 g/mol. The Hall–Kier alpha value is -3.54. The lowest BCUT2D eigenvalue weighted by Crippen LogP contribution is -2.51. The van der Waals surface area contributed by atoms with Crippen LogP contribution in [0.15, 0.2) is 0 Å². The van der Waals surface area contributed by atoms with Gasteiger partial charge in [0.15, 0.2) is 0 Å². The molecule has 0 radical (unpaired) electrons. The third-order valence-electron chi connectivity index (χ3n) is 7.84. The minimum atomic E-state index is -1.17. The van der Waals surface area contributed by atoms with Crippen LogP contribution in [-0.2, 0) is 42.9 Å². The van der Waals surface area contributed by atoms with E-state index in [-0.39, 0.29) is 32.6 Å². The summed E-state index contributed by atoms with van der Waals surface area (Å²) >= 11 is 0. The Morgan fingerprint density at radius 2 is 0.839 bits per heavy atom. The van der Waals surface area contributed by atoms with E-state index in [9.17, 15) is 33.9 Å². The van der Waals surface area contributed by atoms with Gasteiger partial charge in [-0.25, -0.2) is 9.59 Å². The molecule has 1 saturated heterocycles. The molecule has 0 aromatic carbocycles. The summed E-state index contributed by atoms with van der Waals surface area (Å²) < 4.78 is 22.0. The Kier molecular flexibility index (Phi) is 20.7. The molecule has 1 heterocycles. The number of rotatable bonds is 15. The first-order chi connectivity index (χ1) is 25.6. The first-order valence-electron chi connectivity index (χ1n) is 19.6. The summed E-state index contributed by atoms with van der Waals surface area (Å²) in [5.74, 6) is -2.88. The molecule has 0 aromatic rings. The van der Waals surface area contributed by atoms with E-state index >= 15 is 0 Å². The molecule has 17 nitrogen and oxygen atoms in total. The lowest BCUT2D eigenvalue weighted by Gasteiger charge is -2.34. The van der Waals surface area contributed by atoms with Gasteiger partial charge in [-0.15, -0.1) is 0 Å². The SMILES string of the molecule is CC(C)(C)OC(=O)CN1CCN(CC(=O)N[C@@H](CCCCNC(=O)OC(C)(C)C)C(=O)O)CCN(CC(=O)OC(C)(C)C)CCN(CC(=O)OC(C)(C)C)CC1. The highest BCUT2D eigenvalue weighted by atomic mass is 16.6. The van der Waals surface area contributed by atoms with Crippen molar-refractivity contribution in [2.24, 2.45) is 0 Å². The summed E-state index contributed by atoms with van der Waals surface area (Å²) in [5, 5.41) is 15.2. The summed E-state index contributed by atoms with van der Waals surface area (Å²) in [6.07, 6.45) is 0.519. The van der Waals surface area contributed by atoms with E-state index in [4.69, 9.17) is 18.9 Å². The Labute approximate surface area is 334 Å². The van der Waals surface area contributed by atoms with Crippen LogP contribution < -0.4 is 10.6 Å². The Morgan fingerprint density at radius 1 is 0.518 bits per heavy atom. The summed E-state index contributed by atoms with van der Waals surface area (Å²) in [7, 11) is 0. The number of carboxylic acids is 1. The molecule has 0 unspecified atom stereocenters. The Balaban J connectivity index is 3.18. The van der Waals surface area contributed by atoms with Gasteiger partial charge in [0.1, 0.15) is 28.4 Å². The van der Waals surface area contributed by atoms with Crippen molar-refractivity contribution in [3.05, 3.63) is 0 Å².